The summed E-state index contributed by atoms with van der Waals surface area (Å²) in [7, 11) is 0. The van der Waals surface area contributed by atoms with Crippen LogP contribution in [0.2, 0.25) is 0 Å². The van der Waals surface area contributed by atoms with Crippen LogP contribution in [0.3, 0.4) is 0 Å². The maximum Gasteiger partial charge on any atom is 0.270 e. The van der Waals surface area contributed by atoms with Gasteiger partial charge in [0, 0.05) is 19.6 Å². The topological polar surface area (TPSA) is 63.7 Å². The molecule has 3 aromatic rings. The predicted octanol–water partition coefficient (Wildman–Crippen LogP) is 3.30. The third-order valence-electron chi connectivity index (χ3n) is 5.37. The Kier molecular flexibility index (Phi) is 4.52. The molecular weight excluding hydrogens is 366 g/mol. The number of pyridine rings is 1. The highest BCUT2D eigenvalue weighted by molar-refractivity contribution is 5.92. The smallest absolute Gasteiger partial charge is 0.270 e. The minimum absolute atomic E-state index is 0.196. The van der Waals surface area contributed by atoms with Crippen LogP contribution >= 0.6 is 0 Å². The maximum atomic E-state index is 12.5. The Bertz CT molecular complexity index is 1050. The van der Waals surface area contributed by atoms with Gasteiger partial charge in [-0.2, -0.15) is 0 Å². The fraction of sp³-hybridized carbons (Fsp3) is 0.217. The molecule has 0 aliphatic carbocycles. The van der Waals surface area contributed by atoms with Crippen LogP contribution in [0.5, 0.6) is 11.5 Å². The quantitative estimate of drug-likeness (QED) is 0.744. The molecule has 0 saturated carbocycles. The van der Waals surface area contributed by atoms with E-state index in [9.17, 15) is 4.79 Å². The van der Waals surface area contributed by atoms with E-state index < -0.39 is 0 Å². The lowest BCUT2D eigenvalue weighted by molar-refractivity contribution is 0.0946. The first-order valence-corrected chi connectivity index (χ1v) is 9.71. The zero-order chi connectivity index (χ0) is 19.6. The summed E-state index contributed by atoms with van der Waals surface area (Å²) in [4.78, 5) is 19.1. The molecule has 0 spiro atoms. The van der Waals surface area contributed by atoms with Crippen LogP contribution in [0.25, 0.3) is 0 Å². The summed E-state index contributed by atoms with van der Waals surface area (Å²) in [5.41, 5.74) is 5.16. The van der Waals surface area contributed by atoms with Gasteiger partial charge in [0.1, 0.15) is 5.69 Å². The summed E-state index contributed by atoms with van der Waals surface area (Å²) in [5, 5.41) is 2.91. The lowest BCUT2D eigenvalue weighted by Gasteiger charge is -2.30. The van der Waals surface area contributed by atoms with Crippen molar-refractivity contribution in [3.63, 3.8) is 0 Å². The van der Waals surface area contributed by atoms with Gasteiger partial charge in [-0.1, -0.05) is 30.3 Å². The first-order valence-electron chi connectivity index (χ1n) is 9.71. The molecule has 6 nitrogen and oxygen atoms in total. The number of nitrogens with one attached hydrogen (secondary N) is 1. The van der Waals surface area contributed by atoms with Crippen LogP contribution in [0.1, 0.15) is 27.2 Å². The molecule has 0 unspecified atom stereocenters. The minimum atomic E-state index is -0.196. The molecule has 3 heterocycles. The first kappa shape index (κ1) is 17.6. The SMILES string of the molecule is O=C(NCc1ccc2c(c1)OCO2)c1ccc(N2CCc3ccccc3C2)cn1. The Hall–Kier alpha value is -3.54. The Morgan fingerprint density at radius 2 is 1.90 bits per heavy atom. The van der Waals surface area contributed by atoms with Gasteiger partial charge < -0.3 is 19.7 Å². The Morgan fingerprint density at radius 3 is 2.76 bits per heavy atom. The predicted molar refractivity (Wildman–Crippen MR) is 109 cm³/mol. The van der Waals surface area contributed by atoms with E-state index in [0.29, 0.717) is 18.0 Å². The van der Waals surface area contributed by atoms with Crippen molar-refractivity contribution in [2.45, 2.75) is 19.5 Å². The van der Waals surface area contributed by atoms with Crippen molar-refractivity contribution in [1.29, 1.82) is 0 Å². The molecule has 0 saturated heterocycles. The van der Waals surface area contributed by atoms with Gasteiger partial charge >= 0.3 is 0 Å². The number of anilines is 1. The van der Waals surface area contributed by atoms with Crippen LogP contribution in [0, 0.1) is 0 Å². The van der Waals surface area contributed by atoms with E-state index in [1.54, 1.807) is 12.3 Å². The molecule has 1 aromatic heterocycles. The van der Waals surface area contributed by atoms with E-state index in [1.165, 1.54) is 11.1 Å². The summed E-state index contributed by atoms with van der Waals surface area (Å²) in [6, 6.07) is 17.9. The number of benzene rings is 2. The molecule has 2 aliphatic heterocycles. The van der Waals surface area contributed by atoms with Crippen molar-refractivity contribution in [2.24, 2.45) is 0 Å². The van der Waals surface area contributed by atoms with Crippen molar-refractivity contribution >= 4 is 11.6 Å². The zero-order valence-corrected chi connectivity index (χ0v) is 15.9. The van der Waals surface area contributed by atoms with Crippen LogP contribution in [-0.2, 0) is 19.5 Å². The fourth-order valence-corrected chi connectivity index (χ4v) is 3.75. The molecule has 29 heavy (non-hydrogen) atoms. The van der Waals surface area contributed by atoms with Crippen LogP contribution in [0.15, 0.2) is 60.8 Å². The van der Waals surface area contributed by atoms with Crippen LogP contribution in [0.4, 0.5) is 5.69 Å². The average Bonchev–Trinajstić information content (AvgIpc) is 3.25. The highest BCUT2D eigenvalue weighted by Crippen LogP contribution is 2.32. The average molecular weight is 387 g/mol. The van der Waals surface area contributed by atoms with Crippen molar-refractivity contribution in [1.82, 2.24) is 10.3 Å². The van der Waals surface area contributed by atoms with E-state index in [0.717, 1.165) is 36.5 Å². The Morgan fingerprint density at radius 1 is 1.03 bits per heavy atom. The number of aromatic nitrogens is 1. The molecule has 2 aliphatic rings. The summed E-state index contributed by atoms with van der Waals surface area (Å²) in [5.74, 6) is 1.25. The second-order valence-corrected chi connectivity index (χ2v) is 7.21. The molecule has 6 heteroatoms. The van der Waals surface area contributed by atoms with E-state index in [-0.39, 0.29) is 12.7 Å². The number of rotatable bonds is 4. The Balaban J connectivity index is 1.22. The van der Waals surface area contributed by atoms with Gasteiger partial charge in [0.05, 0.1) is 11.9 Å². The normalized spacial score (nSPS) is 14.4. The number of carbonyl (C=O) groups is 1. The maximum absolute atomic E-state index is 12.5. The van der Waals surface area contributed by atoms with E-state index in [4.69, 9.17) is 9.47 Å². The molecule has 1 N–H and O–H groups in total. The Labute approximate surface area is 169 Å². The molecule has 146 valence electrons. The van der Waals surface area contributed by atoms with Gasteiger partial charge in [-0.3, -0.25) is 4.79 Å². The lowest BCUT2D eigenvalue weighted by Crippen LogP contribution is -2.30. The van der Waals surface area contributed by atoms with Crippen molar-refractivity contribution in [3.8, 4) is 11.5 Å². The highest BCUT2D eigenvalue weighted by atomic mass is 16.7. The van der Waals surface area contributed by atoms with E-state index >= 15 is 0 Å². The van der Waals surface area contributed by atoms with Crippen molar-refractivity contribution < 1.29 is 14.3 Å². The number of ether oxygens (including phenoxy) is 2. The molecule has 5 rings (SSSR count). The molecule has 0 radical (unpaired) electrons. The van der Waals surface area contributed by atoms with Crippen LogP contribution in [-0.4, -0.2) is 24.2 Å². The second kappa shape index (κ2) is 7.47. The van der Waals surface area contributed by atoms with E-state index in [2.05, 4.69) is 39.5 Å². The largest absolute Gasteiger partial charge is 0.454 e. The van der Waals surface area contributed by atoms with Gasteiger partial charge in [-0.05, 0) is 47.4 Å². The van der Waals surface area contributed by atoms with Gasteiger partial charge in [0.2, 0.25) is 6.79 Å². The molecule has 1 amide bonds. The molecule has 0 fully saturated rings. The first-order chi connectivity index (χ1) is 14.3. The van der Waals surface area contributed by atoms with Gasteiger partial charge in [0.15, 0.2) is 11.5 Å². The third kappa shape index (κ3) is 3.61. The number of carbonyl (C=O) groups excluding carboxylic acids is 1. The van der Waals surface area contributed by atoms with Crippen LogP contribution < -0.4 is 19.7 Å². The fourth-order valence-electron chi connectivity index (χ4n) is 3.75. The number of fused-ring (bicyclic) bond motifs is 2. The molecule has 2 aromatic carbocycles. The summed E-state index contributed by atoms with van der Waals surface area (Å²) >= 11 is 0. The standard InChI is InChI=1S/C23H21N3O3/c27-23(25-12-16-5-8-21-22(11-16)29-15-28-21)20-7-6-19(13-24-20)26-10-9-17-3-1-2-4-18(17)14-26/h1-8,11,13H,9-10,12,14-15H2,(H,25,27). The van der Waals surface area contributed by atoms with E-state index in [1.807, 2.05) is 24.3 Å². The summed E-state index contributed by atoms with van der Waals surface area (Å²) in [6.07, 6.45) is 2.80. The monoisotopic (exact) mass is 387 g/mol. The van der Waals surface area contributed by atoms with Gasteiger partial charge in [-0.25, -0.2) is 4.98 Å². The number of nitrogens with zero attached hydrogens (tertiary/aromatic N) is 2. The molecule has 0 atom stereocenters. The molecular formula is C23H21N3O3. The lowest BCUT2D eigenvalue weighted by atomic mass is 10.00. The number of amides is 1. The van der Waals surface area contributed by atoms with Crippen molar-refractivity contribution in [2.75, 3.05) is 18.2 Å². The minimum Gasteiger partial charge on any atom is -0.454 e. The van der Waals surface area contributed by atoms with Crippen molar-refractivity contribution in [3.05, 3.63) is 83.2 Å². The highest BCUT2D eigenvalue weighted by Gasteiger charge is 2.17. The second-order valence-electron chi connectivity index (χ2n) is 7.21. The summed E-state index contributed by atoms with van der Waals surface area (Å²) < 4.78 is 10.7. The van der Waals surface area contributed by atoms with Gasteiger partial charge in [-0.15, -0.1) is 0 Å². The third-order valence-corrected chi connectivity index (χ3v) is 5.37. The van der Waals surface area contributed by atoms with Gasteiger partial charge in [0.25, 0.3) is 5.91 Å². The number of hydrogen-bond acceptors (Lipinski definition) is 5. The zero-order valence-electron chi connectivity index (χ0n) is 15.9. The number of hydrogen-bond donors (Lipinski definition) is 1. The molecule has 0 bridgehead atoms. The summed E-state index contributed by atoms with van der Waals surface area (Å²) in [6.45, 7) is 2.47.